The van der Waals surface area contributed by atoms with Gasteiger partial charge in [0.1, 0.15) is 0 Å². The van der Waals surface area contributed by atoms with Gasteiger partial charge in [-0.05, 0) is 29.3 Å². The maximum Gasteiger partial charge on any atom is 0.358 e. The molecule has 0 radical (unpaired) electrons. The average Bonchev–Trinajstić information content (AvgIpc) is 2.48. The number of rotatable bonds is 4. The average molecular weight is 286 g/mol. The summed E-state index contributed by atoms with van der Waals surface area (Å²) in [6.07, 6.45) is 4.44. The van der Waals surface area contributed by atoms with Crippen LogP contribution in [0.3, 0.4) is 0 Å². The molecule has 2 aromatic rings. The topological polar surface area (TPSA) is 38.7 Å². The molecule has 0 bridgehead atoms. The van der Waals surface area contributed by atoms with Crippen LogP contribution in [-0.4, -0.2) is 12.2 Å². The third-order valence-electron chi connectivity index (χ3n) is 2.43. The summed E-state index contributed by atoms with van der Waals surface area (Å²) >= 11 is 5.76. The molecule has 0 atom stereocenters. The molecular formula is C16H12ClNO2. The molecule has 0 aliphatic heterocycles. The normalized spacial score (nSPS) is 11.1. The fraction of sp³-hybridized carbons (Fsp3) is 0. The summed E-state index contributed by atoms with van der Waals surface area (Å²) < 4.78 is 0. The van der Waals surface area contributed by atoms with Gasteiger partial charge in [-0.2, -0.15) is 0 Å². The Morgan fingerprint density at radius 2 is 1.70 bits per heavy atom. The van der Waals surface area contributed by atoms with Gasteiger partial charge >= 0.3 is 5.97 Å². The van der Waals surface area contributed by atoms with E-state index in [1.54, 1.807) is 30.3 Å². The maximum absolute atomic E-state index is 11.4. The molecule has 0 spiro atoms. The van der Waals surface area contributed by atoms with Gasteiger partial charge in [0, 0.05) is 11.1 Å². The van der Waals surface area contributed by atoms with E-state index in [4.69, 9.17) is 16.4 Å². The molecule has 2 aromatic carbocycles. The molecule has 0 aromatic heterocycles. The van der Waals surface area contributed by atoms with Gasteiger partial charge in [0.25, 0.3) is 0 Å². The minimum atomic E-state index is -0.529. The van der Waals surface area contributed by atoms with Crippen molar-refractivity contribution in [3.8, 4) is 0 Å². The van der Waals surface area contributed by atoms with Crippen molar-refractivity contribution < 1.29 is 9.63 Å². The quantitative estimate of drug-likeness (QED) is 0.369. The third-order valence-corrected chi connectivity index (χ3v) is 2.68. The number of halogens is 1. The molecule has 0 fully saturated rings. The molecule has 3 nitrogen and oxygen atoms in total. The first-order valence-electron chi connectivity index (χ1n) is 5.97. The van der Waals surface area contributed by atoms with E-state index in [1.807, 2.05) is 30.3 Å². The molecule has 20 heavy (non-hydrogen) atoms. The second kappa shape index (κ2) is 7.26. The van der Waals surface area contributed by atoms with Crippen molar-refractivity contribution in [1.29, 1.82) is 0 Å². The highest BCUT2D eigenvalue weighted by atomic mass is 35.5. The van der Waals surface area contributed by atoms with Gasteiger partial charge in [0.2, 0.25) is 0 Å². The lowest BCUT2D eigenvalue weighted by molar-refractivity contribution is -0.137. The first-order chi connectivity index (χ1) is 9.74. The Hall–Kier alpha value is -2.39. The van der Waals surface area contributed by atoms with Crippen LogP contribution < -0.4 is 0 Å². The van der Waals surface area contributed by atoms with Gasteiger partial charge in [0.05, 0.1) is 6.21 Å². The van der Waals surface area contributed by atoms with E-state index in [0.29, 0.717) is 5.02 Å². The van der Waals surface area contributed by atoms with Crippen LogP contribution in [0.15, 0.2) is 65.8 Å². The molecule has 100 valence electrons. The van der Waals surface area contributed by atoms with Crippen LogP contribution in [0.2, 0.25) is 5.02 Å². The lowest BCUT2D eigenvalue weighted by Crippen LogP contribution is -1.94. The first-order valence-corrected chi connectivity index (χ1v) is 6.35. The van der Waals surface area contributed by atoms with Crippen molar-refractivity contribution in [2.45, 2.75) is 0 Å². The highest BCUT2D eigenvalue weighted by Crippen LogP contribution is 2.08. The van der Waals surface area contributed by atoms with Crippen LogP contribution in [0.25, 0.3) is 6.08 Å². The van der Waals surface area contributed by atoms with E-state index < -0.39 is 5.97 Å². The number of hydrogen-bond donors (Lipinski definition) is 0. The van der Waals surface area contributed by atoms with Crippen LogP contribution >= 0.6 is 11.6 Å². The summed E-state index contributed by atoms with van der Waals surface area (Å²) in [4.78, 5) is 16.1. The van der Waals surface area contributed by atoms with Gasteiger partial charge in [-0.25, -0.2) is 4.79 Å². The second-order valence-corrected chi connectivity index (χ2v) is 4.38. The van der Waals surface area contributed by atoms with E-state index in [2.05, 4.69) is 5.16 Å². The summed E-state index contributed by atoms with van der Waals surface area (Å²) in [5.41, 5.74) is 1.72. The fourth-order valence-electron chi connectivity index (χ4n) is 1.45. The van der Waals surface area contributed by atoms with Crippen LogP contribution in [0.4, 0.5) is 0 Å². The number of hydrogen-bond acceptors (Lipinski definition) is 3. The smallest absolute Gasteiger partial charge is 0.313 e. The molecule has 0 unspecified atom stereocenters. The Morgan fingerprint density at radius 1 is 1.00 bits per heavy atom. The number of carbonyl (C=O) groups is 1. The monoisotopic (exact) mass is 285 g/mol. The van der Waals surface area contributed by atoms with Gasteiger partial charge < -0.3 is 4.84 Å². The Kier molecular flexibility index (Phi) is 5.09. The van der Waals surface area contributed by atoms with Crippen molar-refractivity contribution in [1.82, 2.24) is 0 Å². The highest BCUT2D eigenvalue weighted by Gasteiger charge is 1.95. The summed E-state index contributed by atoms with van der Waals surface area (Å²) in [7, 11) is 0. The van der Waals surface area contributed by atoms with E-state index in [-0.39, 0.29) is 0 Å². The molecule has 0 amide bonds. The lowest BCUT2D eigenvalue weighted by atomic mass is 10.2. The maximum atomic E-state index is 11.4. The SMILES string of the molecule is O=C(/C=C\c1ccccc1)O/N=C/c1ccc(Cl)cc1. The zero-order valence-electron chi connectivity index (χ0n) is 10.6. The van der Waals surface area contributed by atoms with Gasteiger partial charge in [-0.1, -0.05) is 59.2 Å². The zero-order chi connectivity index (χ0) is 14.2. The van der Waals surface area contributed by atoms with Gasteiger partial charge in [-0.15, -0.1) is 0 Å². The molecule has 0 saturated carbocycles. The lowest BCUT2D eigenvalue weighted by Gasteiger charge is -1.94. The minimum Gasteiger partial charge on any atom is -0.313 e. The van der Waals surface area contributed by atoms with Crippen molar-refractivity contribution in [3.05, 3.63) is 76.8 Å². The van der Waals surface area contributed by atoms with Crippen LogP contribution in [-0.2, 0) is 9.63 Å². The van der Waals surface area contributed by atoms with Crippen molar-refractivity contribution in [3.63, 3.8) is 0 Å². The number of carbonyl (C=O) groups excluding carboxylic acids is 1. The number of nitrogens with zero attached hydrogens (tertiary/aromatic N) is 1. The Bertz CT molecular complexity index is 619. The van der Waals surface area contributed by atoms with E-state index in [9.17, 15) is 4.79 Å². The highest BCUT2D eigenvalue weighted by molar-refractivity contribution is 6.30. The summed E-state index contributed by atoms with van der Waals surface area (Å²) in [5.74, 6) is -0.529. The molecular weight excluding hydrogens is 274 g/mol. The molecule has 0 aliphatic carbocycles. The van der Waals surface area contributed by atoms with Crippen LogP contribution in [0.1, 0.15) is 11.1 Å². The summed E-state index contributed by atoms with van der Waals surface area (Å²) in [6.45, 7) is 0. The Balaban J connectivity index is 1.86. The van der Waals surface area contributed by atoms with Gasteiger partial charge in [0.15, 0.2) is 0 Å². The molecule has 2 rings (SSSR count). The Labute approximate surface area is 122 Å². The van der Waals surface area contributed by atoms with Crippen LogP contribution in [0, 0.1) is 0 Å². The van der Waals surface area contributed by atoms with Crippen molar-refractivity contribution >= 4 is 29.9 Å². The fourth-order valence-corrected chi connectivity index (χ4v) is 1.57. The number of oxime groups is 1. The minimum absolute atomic E-state index is 0.529. The summed E-state index contributed by atoms with van der Waals surface area (Å²) in [6, 6.07) is 16.5. The largest absolute Gasteiger partial charge is 0.358 e. The number of benzene rings is 2. The predicted molar refractivity (Wildman–Crippen MR) is 80.6 cm³/mol. The standard InChI is InChI=1S/C16H12ClNO2/c17-15-9-6-14(7-10-15)12-18-20-16(19)11-8-13-4-2-1-3-5-13/h1-12H/b11-8-,18-12+. The van der Waals surface area contributed by atoms with E-state index in [0.717, 1.165) is 11.1 Å². The molecule has 0 heterocycles. The Morgan fingerprint density at radius 3 is 2.40 bits per heavy atom. The van der Waals surface area contributed by atoms with E-state index >= 15 is 0 Å². The van der Waals surface area contributed by atoms with E-state index in [1.165, 1.54) is 12.3 Å². The van der Waals surface area contributed by atoms with Gasteiger partial charge in [-0.3, -0.25) is 0 Å². The van der Waals surface area contributed by atoms with Crippen molar-refractivity contribution in [2.24, 2.45) is 5.16 Å². The third kappa shape index (κ3) is 4.71. The molecule has 0 aliphatic rings. The predicted octanol–water partition coefficient (Wildman–Crippen LogP) is 3.93. The molecule has 4 heteroatoms. The van der Waals surface area contributed by atoms with Crippen LogP contribution in [0.5, 0.6) is 0 Å². The van der Waals surface area contributed by atoms with Crippen molar-refractivity contribution in [2.75, 3.05) is 0 Å². The summed E-state index contributed by atoms with van der Waals surface area (Å²) in [5, 5.41) is 4.26. The second-order valence-electron chi connectivity index (χ2n) is 3.94. The zero-order valence-corrected chi connectivity index (χ0v) is 11.3. The molecule has 0 N–H and O–H groups in total. The molecule has 0 saturated heterocycles. The first kappa shape index (κ1) is 14.0.